The van der Waals surface area contributed by atoms with Crippen LogP contribution >= 0.6 is 11.3 Å². The lowest BCUT2D eigenvalue weighted by atomic mass is 10.1. The molecule has 0 aliphatic heterocycles. The van der Waals surface area contributed by atoms with Crippen molar-refractivity contribution in [1.29, 1.82) is 5.26 Å². The summed E-state index contributed by atoms with van der Waals surface area (Å²) in [4.78, 5) is 1.36. The second-order valence-corrected chi connectivity index (χ2v) is 5.33. The maximum Gasteiger partial charge on any atom is 0.0670 e. The molecule has 3 N–H and O–H groups in total. The molecule has 0 amide bonds. The average Bonchev–Trinajstić information content (AvgIpc) is 2.87. The summed E-state index contributed by atoms with van der Waals surface area (Å²) < 4.78 is 0. The minimum atomic E-state index is 0.348. The first-order valence-corrected chi connectivity index (χ1v) is 7.17. The summed E-state index contributed by atoms with van der Waals surface area (Å²) >= 11 is 1.77. The first-order chi connectivity index (χ1) is 9.24. The number of benzene rings is 1. The third kappa shape index (κ3) is 3.27. The molecule has 0 fully saturated rings. The van der Waals surface area contributed by atoms with Gasteiger partial charge in [0.2, 0.25) is 0 Å². The Labute approximate surface area is 117 Å². The summed E-state index contributed by atoms with van der Waals surface area (Å²) in [6.45, 7) is 2.98. The number of nitrogens with two attached hydrogens (primary N) is 1. The zero-order valence-electron chi connectivity index (χ0n) is 10.9. The van der Waals surface area contributed by atoms with Crippen molar-refractivity contribution in [2.24, 2.45) is 0 Å². The monoisotopic (exact) mass is 271 g/mol. The van der Waals surface area contributed by atoms with E-state index in [0.717, 1.165) is 24.2 Å². The number of aryl methyl sites for hydroxylation is 1. The number of rotatable bonds is 5. The Balaban J connectivity index is 2.08. The summed E-state index contributed by atoms with van der Waals surface area (Å²) in [5.41, 5.74) is 9.80. The van der Waals surface area contributed by atoms with Gasteiger partial charge in [0.1, 0.15) is 0 Å². The maximum absolute atomic E-state index is 8.76. The van der Waals surface area contributed by atoms with Gasteiger partial charge in [0.15, 0.2) is 0 Å². The van der Waals surface area contributed by atoms with Crippen molar-refractivity contribution in [3.8, 4) is 6.07 Å². The van der Waals surface area contributed by atoms with Crippen molar-refractivity contribution in [1.82, 2.24) is 0 Å². The van der Waals surface area contributed by atoms with Crippen LogP contribution in [0.5, 0.6) is 0 Å². The Morgan fingerprint density at radius 1 is 1.32 bits per heavy atom. The zero-order valence-corrected chi connectivity index (χ0v) is 11.8. The SMILES string of the molecule is CCc1ccsc1CNc1ccc(N)c(CC#N)c1. The van der Waals surface area contributed by atoms with E-state index in [9.17, 15) is 0 Å². The van der Waals surface area contributed by atoms with E-state index in [1.807, 2.05) is 18.2 Å². The summed E-state index contributed by atoms with van der Waals surface area (Å²) in [6.07, 6.45) is 1.41. The second kappa shape index (κ2) is 6.26. The molecule has 1 aromatic heterocycles. The van der Waals surface area contributed by atoms with Gasteiger partial charge in [0.25, 0.3) is 0 Å². The van der Waals surface area contributed by atoms with Gasteiger partial charge < -0.3 is 11.1 Å². The molecule has 0 saturated heterocycles. The Bertz CT molecular complexity index is 596. The van der Waals surface area contributed by atoms with E-state index in [2.05, 4.69) is 29.8 Å². The van der Waals surface area contributed by atoms with Crippen LogP contribution in [-0.2, 0) is 19.4 Å². The number of anilines is 2. The van der Waals surface area contributed by atoms with Crippen LogP contribution in [0.4, 0.5) is 11.4 Å². The smallest absolute Gasteiger partial charge is 0.0670 e. The summed E-state index contributed by atoms with van der Waals surface area (Å²) in [5, 5.41) is 14.3. The van der Waals surface area contributed by atoms with Gasteiger partial charge in [-0.3, -0.25) is 0 Å². The number of nitriles is 1. The summed E-state index contributed by atoms with van der Waals surface area (Å²) in [5.74, 6) is 0. The standard InChI is InChI=1S/C15H17N3S/c1-2-11-6-8-19-15(11)10-18-13-3-4-14(17)12(9-13)5-7-16/h3-4,6,8-9,18H,2,5,10,17H2,1H3. The third-order valence-corrected chi connectivity index (χ3v) is 4.05. The van der Waals surface area contributed by atoms with Crippen molar-refractivity contribution in [2.45, 2.75) is 26.3 Å². The number of hydrogen-bond acceptors (Lipinski definition) is 4. The van der Waals surface area contributed by atoms with Crippen LogP contribution in [0.15, 0.2) is 29.6 Å². The van der Waals surface area contributed by atoms with Crippen molar-refractivity contribution < 1.29 is 0 Å². The third-order valence-electron chi connectivity index (χ3n) is 3.08. The van der Waals surface area contributed by atoms with Crippen LogP contribution in [0.2, 0.25) is 0 Å². The molecule has 4 heteroatoms. The van der Waals surface area contributed by atoms with Crippen molar-refractivity contribution in [2.75, 3.05) is 11.1 Å². The lowest BCUT2D eigenvalue weighted by Crippen LogP contribution is -2.01. The Hall–Kier alpha value is -1.99. The van der Waals surface area contributed by atoms with Crippen LogP contribution in [-0.4, -0.2) is 0 Å². The molecule has 0 spiro atoms. The van der Waals surface area contributed by atoms with Gasteiger partial charge >= 0.3 is 0 Å². The molecule has 0 radical (unpaired) electrons. The normalized spacial score (nSPS) is 10.1. The molecule has 19 heavy (non-hydrogen) atoms. The van der Waals surface area contributed by atoms with Crippen LogP contribution in [0.1, 0.15) is 22.9 Å². The Morgan fingerprint density at radius 2 is 2.16 bits per heavy atom. The van der Waals surface area contributed by atoms with Gasteiger partial charge in [0, 0.05) is 22.8 Å². The molecule has 0 atom stereocenters. The molecular weight excluding hydrogens is 254 g/mol. The topological polar surface area (TPSA) is 61.8 Å². The lowest BCUT2D eigenvalue weighted by molar-refractivity contribution is 1.08. The van der Waals surface area contributed by atoms with Crippen molar-refractivity contribution in [3.05, 3.63) is 45.6 Å². The van der Waals surface area contributed by atoms with E-state index in [1.54, 1.807) is 11.3 Å². The van der Waals surface area contributed by atoms with Crippen LogP contribution < -0.4 is 11.1 Å². The summed E-state index contributed by atoms with van der Waals surface area (Å²) in [7, 11) is 0. The maximum atomic E-state index is 8.76. The van der Waals surface area contributed by atoms with Crippen molar-refractivity contribution >= 4 is 22.7 Å². The highest BCUT2D eigenvalue weighted by Crippen LogP contribution is 2.22. The molecule has 0 saturated carbocycles. The minimum Gasteiger partial charge on any atom is -0.398 e. The Morgan fingerprint density at radius 3 is 2.89 bits per heavy atom. The van der Waals surface area contributed by atoms with Crippen LogP contribution in [0.3, 0.4) is 0 Å². The molecule has 0 unspecified atom stereocenters. The molecule has 3 nitrogen and oxygen atoms in total. The van der Waals surface area contributed by atoms with E-state index < -0.39 is 0 Å². The number of nitrogens with zero attached hydrogens (tertiary/aromatic N) is 1. The van der Waals surface area contributed by atoms with Crippen LogP contribution in [0, 0.1) is 11.3 Å². The zero-order chi connectivity index (χ0) is 13.7. The molecule has 0 aliphatic carbocycles. The Kier molecular flexibility index (Phi) is 4.43. The molecule has 1 heterocycles. The van der Waals surface area contributed by atoms with Crippen LogP contribution in [0.25, 0.3) is 0 Å². The molecular formula is C15H17N3S. The largest absolute Gasteiger partial charge is 0.398 e. The predicted molar refractivity (Wildman–Crippen MR) is 81.2 cm³/mol. The van der Waals surface area contributed by atoms with Gasteiger partial charge in [-0.1, -0.05) is 6.92 Å². The first kappa shape index (κ1) is 13.4. The van der Waals surface area contributed by atoms with E-state index in [4.69, 9.17) is 11.0 Å². The molecule has 2 aromatic rings. The summed E-state index contributed by atoms with van der Waals surface area (Å²) in [6, 6.07) is 10.1. The van der Waals surface area contributed by atoms with Gasteiger partial charge in [-0.05, 0) is 47.2 Å². The molecule has 2 rings (SSSR count). The highest BCUT2D eigenvalue weighted by atomic mass is 32.1. The van der Waals surface area contributed by atoms with Gasteiger partial charge in [-0.15, -0.1) is 11.3 Å². The number of nitrogen functional groups attached to an aromatic ring is 1. The van der Waals surface area contributed by atoms with E-state index in [0.29, 0.717) is 12.1 Å². The fraction of sp³-hybridized carbons (Fsp3) is 0.267. The quantitative estimate of drug-likeness (QED) is 0.817. The van der Waals surface area contributed by atoms with E-state index in [-0.39, 0.29) is 0 Å². The average molecular weight is 271 g/mol. The van der Waals surface area contributed by atoms with Gasteiger partial charge in [0.05, 0.1) is 12.5 Å². The molecule has 0 aliphatic rings. The highest BCUT2D eigenvalue weighted by Gasteiger charge is 2.04. The highest BCUT2D eigenvalue weighted by molar-refractivity contribution is 7.10. The number of thiophene rings is 1. The fourth-order valence-electron chi connectivity index (χ4n) is 1.97. The van der Waals surface area contributed by atoms with Gasteiger partial charge in [-0.25, -0.2) is 0 Å². The fourth-order valence-corrected chi connectivity index (χ4v) is 2.89. The molecule has 98 valence electrons. The first-order valence-electron chi connectivity index (χ1n) is 6.29. The number of hydrogen-bond donors (Lipinski definition) is 2. The second-order valence-electron chi connectivity index (χ2n) is 4.32. The number of nitrogens with one attached hydrogen (secondary N) is 1. The minimum absolute atomic E-state index is 0.348. The molecule has 1 aromatic carbocycles. The molecule has 0 bridgehead atoms. The van der Waals surface area contributed by atoms with Crippen molar-refractivity contribution in [3.63, 3.8) is 0 Å². The van der Waals surface area contributed by atoms with E-state index >= 15 is 0 Å². The predicted octanol–water partition coefficient (Wildman–Crippen LogP) is 3.57. The van der Waals surface area contributed by atoms with E-state index in [1.165, 1.54) is 10.4 Å². The van der Waals surface area contributed by atoms with Gasteiger partial charge in [-0.2, -0.15) is 5.26 Å². The lowest BCUT2D eigenvalue weighted by Gasteiger charge is -2.09.